The summed E-state index contributed by atoms with van der Waals surface area (Å²) in [5.74, 6) is 0.472. The summed E-state index contributed by atoms with van der Waals surface area (Å²) in [6, 6.07) is 20.1. The Balaban J connectivity index is 1.51. The molecule has 5 unspecified atom stereocenters. The van der Waals surface area contributed by atoms with Crippen molar-refractivity contribution in [2.45, 2.75) is 102 Å². The Kier molecular flexibility index (Phi) is 14.8. The van der Waals surface area contributed by atoms with Gasteiger partial charge in [0.05, 0.1) is 18.0 Å². The highest BCUT2D eigenvalue weighted by atomic mass is 16.6. The second-order valence-electron chi connectivity index (χ2n) is 17.9. The first-order chi connectivity index (χ1) is 29.7. The summed E-state index contributed by atoms with van der Waals surface area (Å²) in [6.45, 7) is 7.69. The van der Waals surface area contributed by atoms with Gasteiger partial charge in [0.1, 0.15) is 35.0 Å². The Hall–Kier alpha value is -5.29. The molecule has 336 valence electrons. The van der Waals surface area contributed by atoms with E-state index in [0.717, 1.165) is 13.0 Å². The van der Waals surface area contributed by atoms with Crippen molar-refractivity contribution in [3.8, 4) is 17.2 Å². The maximum atomic E-state index is 15.8. The fourth-order valence-electron chi connectivity index (χ4n) is 10.6. The molecular formula is C46H62N6O10. The summed E-state index contributed by atoms with van der Waals surface area (Å²) < 4.78 is 17.1. The predicted octanol–water partition coefficient (Wildman–Crippen LogP) is 6.42. The third-order valence-corrected chi connectivity index (χ3v) is 13.1. The van der Waals surface area contributed by atoms with Crippen LogP contribution < -0.4 is 30.5 Å². The fourth-order valence-corrected chi connectivity index (χ4v) is 10.6. The maximum absolute atomic E-state index is 15.8. The van der Waals surface area contributed by atoms with Gasteiger partial charge >= 0.3 is 12.1 Å². The van der Waals surface area contributed by atoms with Crippen LogP contribution in [0.2, 0.25) is 0 Å². The average molecular weight is 859 g/mol. The highest BCUT2D eigenvalue weighted by molar-refractivity contribution is 5.73. The summed E-state index contributed by atoms with van der Waals surface area (Å²) in [5, 5.41) is 48.3. The molecule has 3 aromatic carbocycles. The molecule has 0 bridgehead atoms. The van der Waals surface area contributed by atoms with Crippen molar-refractivity contribution in [3.63, 3.8) is 0 Å². The second kappa shape index (κ2) is 19.8. The number of likely N-dealkylation sites (tertiary alicyclic amines) is 2. The zero-order valence-electron chi connectivity index (χ0n) is 36.3. The summed E-state index contributed by atoms with van der Waals surface area (Å²) >= 11 is 0. The molecule has 3 heterocycles. The zero-order valence-corrected chi connectivity index (χ0v) is 36.3. The number of piperidine rings is 3. The van der Waals surface area contributed by atoms with Gasteiger partial charge < -0.3 is 50.1 Å². The molecule has 4 amide bonds. The number of unbranched alkanes of at least 4 members (excludes halogenated alkanes) is 1. The number of nitro groups is 1. The van der Waals surface area contributed by atoms with Gasteiger partial charge in [0.2, 0.25) is 5.66 Å². The lowest BCUT2D eigenvalue weighted by Gasteiger charge is -2.67. The Bertz CT molecular complexity index is 2010. The molecule has 0 radical (unpaired) electrons. The number of carboxylic acid groups (broad SMARTS) is 1. The van der Waals surface area contributed by atoms with Gasteiger partial charge in [0.15, 0.2) is 0 Å². The van der Waals surface area contributed by atoms with E-state index in [1.54, 1.807) is 7.11 Å². The number of para-hydroxylation sites is 2. The topological polar surface area (TPSA) is 205 Å². The highest BCUT2D eigenvalue weighted by Crippen LogP contribution is 2.54. The van der Waals surface area contributed by atoms with Gasteiger partial charge in [0, 0.05) is 61.9 Å². The van der Waals surface area contributed by atoms with Crippen molar-refractivity contribution in [1.82, 2.24) is 20.9 Å². The molecule has 0 saturated carbocycles. The average Bonchev–Trinajstić information content (AvgIpc) is 3.25. The quantitative estimate of drug-likeness (QED) is 0.0603. The molecule has 0 spiro atoms. The molecule has 6 rings (SSSR count). The van der Waals surface area contributed by atoms with E-state index in [9.17, 15) is 29.9 Å². The van der Waals surface area contributed by atoms with Crippen LogP contribution in [0.3, 0.4) is 0 Å². The van der Waals surface area contributed by atoms with E-state index >= 15 is 4.79 Å². The van der Waals surface area contributed by atoms with Gasteiger partial charge in [-0.2, -0.15) is 0 Å². The van der Waals surface area contributed by atoms with Crippen LogP contribution in [0, 0.1) is 21.4 Å². The SMILES string of the molecule is COCCCCC(O)(c1ccccc1Oc1ccccc1)C1CCC[N+](C(=O)NC2CCCNC2)(C2(C(C)(C)C)[C@H](NC(=O)Oc3ccc([N+](=O)[O-])cc3)CCCN2C(=O)[O-])C1. The normalized spacial score (nSPS) is 25.2. The first-order valence-corrected chi connectivity index (χ1v) is 21.8. The number of quaternary nitrogens is 1. The van der Waals surface area contributed by atoms with Crippen LogP contribution in [0.15, 0.2) is 78.9 Å². The number of urea groups is 1. The Morgan fingerprint density at radius 3 is 2.32 bits per heavy atom. The van der Waals surface area contributed by atoms with Crippen LogP contribution in [-0.2, 0) is 10.3 Å². The number of ether oxygens (including phenoxy) is 3. The zero-order chi connectivity index (χ0) is 44.5. The van der Waals surface area contributed by atoms with Crippen LogP contribution in [0.5, 0.6) is 17.2 Å². The number of nitrogens with zero attached hydrogens (tertiary/aromatic N) is 3. The molecule has 3 aliphatic rings. The molecule has 0 aromatic heterocycles. The number of carbonyl (C=O) groups is 3. The highest BCUT2D eigenvalue weighted by Gasteiger charge is 2.72. The molecule has 16 heteroatoms. The largest absolute Gasteiger partial charge is 0.530 e. The lowest BCUT2D eigenvalue weighted by Crippen LogP contribution is -2.89. The van der Waals surface area contributed by atoms with E-state index in [1.807, 2.05) is 75.4 Å². The van der Waals surface area contributed by atoms with Crippen LogP contribution in [0.25, 0.3) is 0 Å². The van der Waals surface area contributed by atoms with Crippen LogP contribution in [0.1, 0.15) is 84.1 Å². The number of methoxy groups -OCH3 is 1. The number of nitrogens with one attached hydrogen (secondary N) is 3. The van der Waals surface area contributed by atoms with Crippen molar-refractivity contribution in [2.75, 3.05) is 46.4 Å². The number of hydrogen-bond acceptors (Lipinski definition) is 11. The lowest BCUT2D eigenvalue weighted by molar-refractivity contribution is -0.937. The number of aliphatic hydroxyl groups is 1. The van der Waals surface area contributed by atoms with E-state index in [4.69, 9.17) is 14.2 Å². The minimum absolute atomic E-state index is 0.00304. The molecule has 62 heavy (non-hydrogen) atoms. The first kappa shape index (κ1) is 46.2. The third kappa shape index (κ3) is 9.53. The molecule has 3 aromatic rings. The lowest BCUT2D eigenvalue weighted by atomic mass is 9.65. The number of benzene rings is 3. The van der Waals surface area contributed by atoms with Crippen LogP contribution >= 0.6 is 0 Å². The van der Waals surface area contributed by atoms with Crippen LogP contribution in [0.4, 0.5) is 20.1 Å². The Morgan fingerprint density at radius 1 is 0.935 bits per heavy atom. The van der Waals surface area contributed by atoms with Gasteiger partial charge in [-0.25, -0.2) is 14.1 Å². The molecule has 3 fully saturated rings. The van der Waals surface area contributed by atoms with Crippen molar-refractivity contribution < 1.29 is 48.2 Å². The van der Waals surface area contributed by atoms with Crippen molar-refractivity contribution in [3.05, 3.63) is 94.5 Å². The van der Waals surface area contributed by atoms with Gasteiger partial charge in [-0.1, -0.05) is 57.2 Å². The second-order valence-corrected chi connectivity index (χ2v) is 17.9. The molecule has 6 atom stereocenters. The standard InChI is InChI=1S/C46H62N6O10/c1-44(2,3)46(40(21-13-28-50(46)43(55)56)49-42(54)62-37-24-22-35(23-25-37)51(58)59)52(41(53)48-34-16-12-27-47-31-34)29-14-15-33(32-52)45(57,26-10-11-30-60-4)38-19-8-9-20-39(38)61-36-17-6-5-7-18-36/h5-9,17-20,22-25,33-34,40,47,57H,10-16,21,26-32H2,1-4H3,(H2-,48,49,53,54,55,56)/t33?,34?,40-,45?,46?,52?/m1/s1. The Labute approximate surface area is 363 Å². The molecule has 3 aliphatic heterocycles. The number of hydrogen-bond donors (Lipinski definition) is 4. The molecule has 4 N–H and O–H groups in total. The predicted molar refractivity (Wildman–Crippen MR) is 229 cm³/mol. The number of carbonyl (C=O) groups excluding carboxylic acids is 3. The summed E-state index contributed by atoms with van der Waals surface area (Å²) in [4.78, 5) is 55.5. The third-order valence-electron chi connectivity index (χ3n) is 13.1. The summed E-state index contributed by atoms with van der Waals surface area (Å²) in [7, 11) is 1.63. The van der Waals surface area contributed by atoms with Crippen molar-refractivity contribution in [2.24, 2.45) is 11.3 Å². The number of amides is 4. The number of rotatable bonds is 14. The smallest absolute Gasteiger partial charge is 0.418 e. The van der Waals surface area contributed by atoms with E-state index in [-0.39, 0.29) is 43.5 Å². The van der Waals surface area contributed by atoms with Crippen LogP contribution in [-0.4, -0.2) is 102 Å². The van der Waals surface area contributed by atoms with E-state index in [1.165, 1.54) is 29.2 Å². The van der Waals surface area contributed by atoms with Gasteiger partial charge in [-0.15, -0.1) is 0 Å². The van der Waals surface area contributed by atoms with Crippen molar-refractivity contribution >= 4 is 23.9 Å². The maximum Gasteiger partial charge on any atom is 0.418 e. The number of nitro benzene ring substituents is 1. The van der Waals surface area contributed by atoms with E-state index < -0.39 is 56.3 Å². The van der Waals surface area contributed by atoms with Gasteiger partial charge in [-0.05, 0) is 94.7 Å². The molecule has 0 aliphatic carbocycles. The molecule has 3 saturated heterocycles. The summed E-state index contributed by atoms with van der Waals surface area (Å²) in [6.07, 6.45) is 2.25. The van der Waals surface area contributed by atoms with E-state index in [0.29, 0.717) is 75.2 Å². The fraction of sp³-hybridized carbons (Fsp3) is 0.543. The number of non-ortho nitro benzene ring substituents is 1. The van der Waals surface area contributed by atoms with Gasteiger partial charge in [0.25, 0.3) is 5.69 Å². The molecule has 16 nitrogen and oxygen atoms in total. The van der Waals surface area contributed by atoms with Crippen molar-refractivity contribution in [1.29, 1.82) is 0 Å². The summed E-state index contributed by atoms with van der Waals surface area (Å²) in [5.41, 5.74) is -3.98. The monoisotopic (exact) mass is 858 g/mol. The minimum atomic E-state index is -1.71. The minimum Gasteiger partial charge on any atom is -0.530 e. The van der Waals surface area contributed by atoms with E-state index in [2.05, 4.69) is 16.0 Å². The molecular weight excluding hydrogens is 797 g/mol. The van der Waals surface area contributed by atoms with Gasteiger partial charge in [-0.3, -0.25) is 10.1 Å². The first-order valence-electron chi connectivity index (χ1n) is 21.8. The Morgan fingerprint density at radius 2 is 1.66 bits per heavy atom.